The van der Waals surface area contributed by atoms with E-state index in [2.05, 4.69) is 13.8 Å². The molecule has 1 rings (SSSR count). The van der Waals surface area contributed by atoms with Crippen molar-refractivity contribution in [2.24, 2.45) is 11.7 Å². The van der Waals surface area contributed by atoms with E-state index in [0.29, 0.717) is 0 Å². The van der Waals surface area contributed by atoms with Crippen molar-refractivity contribution in [3.05, 3.63) is 11.3 Å². The summed E-state index contributed by atoms with van der Waals surface area (Å²) in [6.07, 6.45) is 3.66. The van der Waals surface area contributed by atoms with Crippen LogP contribution in [0.1, 0.15) is 33.1 Å². The molecule has 0 aromatic carbocycles. The zero-order valence-corrected chi connectivity index (χ0v) is 6.28. The van der Waals surface area contributed by atoms with Crippen LogP contribution in [0.3, 0.4) is 0 Å². The van der Waals surface area contributed by atoms with E-state index in [0.717, 1.165) is 18.0 Å². The van der Waals surface area contributed by atoms with Crippen molar-refractivity contribution >= 4 is 0 Å². The Labute approximate surface area is 56.9 Å². The van der Waals surface area contributed by atoms with Crippen molar-refractivity contribution in [1.29, 1.82) is 0 Å². The Morgan fingerprint density at radius 2 is 2.22 bits per heavy atom. The molecule has 0 spiro atoms. The molecule has 0 aliphatic heterocycles. The van der Waals surface area contributed by atoms with Crippen molar-refractivity contribution in [3.8, 4) is 0 Å². The Morgan fingerprint density at radius 1 is 1.56 bits per heavy atom. The van der Waals surface area contributed by atoms with Gasteiger partial charge in [0.1, 0.15) is 0 Å². The zero-order valence-electron chi connectivity index (χ0n) is 6.28. The maximum atomic E-state index is 5.75. The highest BCUT2D eigenvalue weighted by Crippen LogP contribution is 2.25. The Kier molecular flexibility index (Phi) is 1.79. The minimum Gasteiger partial charge on any atom is -0.402 e. The van der Waals surface area contributed by atoms with Crippen LogP contribution >= 0.6 is 0 Å². The quantitative estimate of drug-likeness (QED) is 0.526. The van der Waals surface area contributed by atoms with Gasteiger partial charge in [-0.05, 0) is 32.1 Å². The Hall–Kier alpha value is -0.460. The van der Waals surface area contributed by atoms with Gasteiger partial charge in [-0.2, -0.15) is 0 Å². The second-order valence-corrected chi connectivity index (χ2v) is 3.15. The van der Waals surface area contributed by atoms with Gasteiger partial charge in [0.25, 0.3) is 0 Å². The third-order valence-electron chi connectivity index (χ3n) is 2.13. The number of hydrogen-bond donors (Lipinski definition) is 1. The predicted octanol–water partition coefficient (Wildman–Crippen LogP) is 2.04. The molecular weight excluding hydrogens is 110 g/mol. The third-order valence-corrected chi connectivity index (χ3v) is 2.13. The van der Waals surface area contributed by atoms with E-state index in [9.17, 15) is 0 Å². The van der Waals surface area contributed by atoms with Gasteiger partial charge < -0.3 is 5.73 Å². The zero-order chi connectivity index (χ0) is 6.85. The minimum atomic E-state index is 0.814. The molecule has 52 valence electrons. The van der Waals surface area contributed by atoms with Crippen LogP contribution in [0.25, 0.3) is 0 Å². The fraction of sp³-hybridized carbons (Fsp3) is 0.750. The average Bonchev–Trinajstić information content (AvgIpc) is 1.80. The molecule has 0 bridgehead atoms. The van der Waals surface area contributed by atoms with Gasteiger partial charge in [-0.3, -0.25) is 0 Å². The summed E-state index contributed by atoms with van der Waals surface area (Å²) in [6.45, 7) is 4.40. The Balaban J connectivity index is 2.61. The van der Waals surface area contributed by atoms with E-state index in [-0.39, 0.29) is 0 Å². The van der Waals surface area contributed by atoms with Crippen LogP contribution in [0.5, 0.6) is 0 Å². The van der Waals surface area contributed by atoms with Crippen LogP contribution in [0, 0.1) is 5.92 Å². The van der Waals surface area contributed by atoms with Gasteiger partial charge in [0, 0.05) is 5.70 Å². The van der Waals surface area contributed by atoms with Crippen molar-refractivity contribution in [1.82, 2.24) is 0 Å². The molecule has 1 aliphatic rings. The lowest BCUT2D eigenvalue weighted by Gasteiger charge is -2.19. The molecule has 1 heteroatoms. The summed E-state index contributed by atoms with van der Waals surface area (Å²) in [5, 5.41) is 0. The van der Waals surface area contributed by atoms with E-state index in [4.69, 9.17) is 5.73 Å². The van der Waals surface area contributed by atoms with Gasteiger partial charge in [-0.25, -0.2) is 0 Å². The van der Waals surface area contributed by atoms with Gasteiger partial charge in [0.15, 0.2) is 0 Å². The molecule has 0 saturated heterocycles. The molecule has 0 aromatic rings. The molecule has 0 aromatic heterocycles. The van der Waals surface area contributed by atoms with E-state index in [1.54, 1.807) is 0 Å². The summed E-state index contributed by atoms with van der Waals surface area (Å²) in [4.78, 5) is 0. The SMILES string of the molecule is CC1=C(N)C[C@@H](C)CC1. The smallest absolute Gasteiger partial charge is 0.00722 e. The third kappa shape index (κ3) is 1.47. The van der Waals surface area contributed by atoms with E-state index < -0.39 is 0 Å². The van der Waals surface area contributed by atoms with E-state index in [1.807, 2.05) is 0 Å². The van der Waals surface area contributed by atoms with Gasteiger partial charge in [-0.1, -0.05) is 12.5 Å². The largest absolute Gasteiger partial charge is 0.402 e. The van der Waals surface area contributed by atoms with Gasteiger partial charge >= 0.3 is 0 Å². The number of nitrogens with two attached hydrogens (primary N) is 1. The molecule has 0 unspecified atom stereocenters. The lowest BCUT2D eigenvalue weighted by atomic mass is 9.89. The Bertz CT molecular complexity index is 136. The summed E-state index contributed by atoms with van der Waals surface area (Å²) >= 11 is 0. The minimum absolute atomic E-state index is 0.814. The molecule has 0 fully saturated rings. The van der Waals surface area contributed by atoms with Crippen LogP contribution in [-0.2, 0) is 0 Å². The monoisotopic (exact) mass is 125 g/mol. The van der Waals surface area contributed by atoms with Gasteiger partial charge in [0.05, 0.1) is 0 Å². The molecule has 1 atom stereocenters. The topological polar surface area (TPSA) is 26.0 Å². The second-order valence-electron chi connectivity index (χ2n) is 3.15. The molecule has 1 aliphatic carbocycles. The molecule has 0 radical (unpaired) electrons. The van der Waals surface area contributed by atoms with Crippen LogP contribution in [0.15, 0.2) is 11.3 Å². The molecule has 0 saturated carbocycles. The molecule has 0 amide bonds. The lowest BCUT2D eigenvalue weighted by molar-refractivity contribution is 0.493. The van der Waals surface area contributed by atoms with Crippen LogP contribution in [0.4, 0.5) is 0 Å². The Morgan fingerprint density at radius 3 is 2.67 bits per heavy atom. The van der Waals surface area contributed by atoms with Crippen molar-refractivity contribution < 1.29 is 0 Å². The van der Waals surface area contributed by atoms with Crippen LogP contribution < -0.4 is 5.73 Å². The summed E-state index contributed by atoms with van der Waals surface area (Å²) < 4.78 is 0. The summed E-state index contributed by atoms with van der Waals surface area (Å²) in [7, 11) is 0. The molecule has 2 N–H and O–H groups in total. The van der Waals surface area contributed by atoms with E-state index >= 15 is 0 Å². The van der Waals surface area contributed by atoms with E-state index in [1.165, 1.54) is 18.4 Å². The molecule has 1 nitrogen and oxygen atoms in total. The highest BCUT2D eigenvalue weighted by Gasteiger charge is 2.11. The van der Waals surface area contributed by atoms with Gasteiger partial charge in [0.2, 0.25) is 0 Å². The number of rotatable bonds is 0. The fourth-order valence-corrected chi connectivity index (χ4v) is 1.28. The van der Waals surface area contributed by atoms with Crippen molar-refractivity contribution in [2.75, 3.05) is 0 Å². The van der Waals surface area contributed by atoms with Crippen LogP contribution in [0.2, 0.25) is 0 Å². The summed E-state index contributed by atoms with van der Waals surface area (Å²) in [5.41, 5.74) is 8.29. The first-order chi connectivity index (χ1) is 4.20. The maximum absolute atomic E-state index is 5.75. The predicted molar refractivity (Wildman–Crippen MR) is 39.9 cm³/mol. The second kappa shape index (κ2) is 2.42. The number of hydrogen-bond acceptors (Lipinski definition) is 1. The normalized spacial score (nSPS) is 28.9. The van der Waals surface area contributed by atoms with Crippen molar-refractivity contribution in [3.63, 3.8) is 0 Å². The van der Waals surface area contributed by atoms with Crippen molar-refractivity contribution in [2.45, 2.75) is 33.1 Å². The van der Waals surface area contributed by atoms with Crippen LogP contribution in [-0.4, -0.2) is 0 Å². The standard InChI is InChI=1S/C8H15N/c1-6-3-4-7(2)8(9)5-6/h6H,3-5,9H2,1-2H3/t6-/m0/s1. The lowest BCUT2D eigenvalue weighted by Crippen LogP contribution is -2.11. The maximum Gasteiger partial charge on any atom is 0.00722 e. The summed E-state index contributed by atoms with van der Waals surface area (Å²) in [5.74, 6) is 0.814. The first kappa shape index (κ1) is 6.66. The first-order valence-electron chi connectivity index (χ1n) is 3.64. The first-order valence-corrected chi connectivity index (χ1v) is 3.64. The highest BCUT2D eigenvalue weighted by molar-refractivity contribution is 5.11. The molecule has 9 heavy (non-hydrogen) atoms. The summed E-state index contributed by atoms with van der Waals surface area (Å²) in [6, 6.07) is 0. The highest BCUT2D eigenvalue weighted by atomic mass is 14.6. The number of allylic oxidation sites excluding steroid dienone is 2. The van der Waals surface area contributed by atoms with Gasteiger partial charge in [-0.15, -0.1) is 0 Å². The average molecular weight is 125 g/mol. The molecular formula is C8H15N. The fourth-order valence-electron chi connectivity index (χ4n) is 1.28. The molecule has 0 heterocycles.